The van der Waals surface area contributed by atoms with Gasteiger partial charge in [0.15, 0.2) is 5.75 Å². The molecule has 0 saturated carbocycles. The van der Waals surface area contributed by atoms with Crippen molar-refractivity contribution >= 4 is 27.5 Å². The molecule has 0 N–H and O–H groups in total. The third kappa shape index (κ3) is 2.34. The van der Waals surface area contributed by atoms with Gasteiger partial charge >= 0.3 is 6.61 Å². The van der Waals surface area contributed by atoms with E-state index < -0.39 is 6.61 Å². The number of nitrogens with zero attached hydrogens (tertiary/aromatic N) is 1. The van der Waals surface area contributed by atoms with Gasteiger partial charge < -0.3 is 4.74 Å². The van der Waals surface area contributed by atoms with Crippen molar-refractivity contribution in [3.05, 3.63) is 27.2 Å². The van der Waals surface area contributed by atoms with Crippen molar-refractivity contribution in [1.29, 1.82) is 5.26 Å². The van der Waals surface area contributed by atoms with Crippen LogP contribution in [0.3, 0.4) is 0 Å². The Bertz CT molecular complexity index is 392. The maximum Gasteiger partial charge on any atom is 0.387 e. The van der Waals surface area contributed by atoms with E-state index in [1.165, 1.54) is 12.1 Å². The van der Waals surface area contributed by atoms with Crippen molar-refractivity contribution in [2.45, 2.75) is 6.61 Å². The van der Waals surface area contributed by atoms with Gasteiger partial charge in [-0.05, 0) is 28.1 Å². The molecule has 0 fully saturated rings. The Labute approximate surface area is 92.2 Å². The quantitative estimate of drug-likeness (QED) is 0.830. The van der Waals surface area contributed by atoms with E-state index in [1.54, 1.807) is 6.07 Å². The molecule has 0 aliphatic rings. The average molecular weight is 282 g/mol. The summed E-state index contributed by atoms with van der Waals surface area (Å²) < 4.78 is 28.4. The van der Waals surface area contributed by atoms with Gasteiger partial charge in [-0.2, -0.15) is 14.0 Å². The van der Waals surface area contributed by atoms with E-state index in [4.69, 9.17) is 16.9 Å². The molecule has 0 saturated heterocycles. The summed E-state index contributed by atoms with van der Waals surface area (Å²) in [5.74, 6) is -0.307. The molecule has 0 radical (unpaired) electrons. The number of ether oxygens (including phenoxy) is 1. The van der Waals surface area contributed by atoms with Crippen LogP contribution < -0.4 is 4.74 Å². The molecule has 2 nitrogen and oxygen atoms in total. The second kappa shape index (κ2) is 4.58. The number of hydrogen-bond donors (Lipinski definition) is 0. The lowest BCUT2D eigenvalue weighted by Crippen LogP contribution is -2.04. The molecule has 0 aliphatic carbocycles. The molecule has 0 amide bonds. The Morgan fingerprint density at radius 2 is 2.14 bits per heavy atom. The Morgan fingerprint density at radius 3 is 2.64 bits per heavy atom. The number of alkyl halides is 2. The van der Waals surface area contributed by atoms with E-state index in [0.29, 0.717) is 4.47 Å². The minimum absolute atomic E-state index is 0.0292. The summed E-state index contributed by atoms with van der Waals surface area (Å²) in [5.41, 5.74) is -0.0292. The van der Waals surface area contributed by atoms with E-state index in [0.717, 1.165) is 0 Å². The number of rotatable bonds is 2. The second-order valence-corrected chi connectivity index (χ2v) is 3.46. The van der Waals surface area contributed by atoms with Gasteiger partial charge in [0, 0.05) is 4.47 Å². The van der Waals surface area contributed by atoms with Crippen LogP contribution in [0.4, 0.5) is 8.78 Å². The molecule has 0 atom stereocenters. The Hall–Kier alpha value is -0.860. The summed E-state index contributed by atoms with van der Waals surface area (Å²) in [7, 11) is 0. The molecular weight excluding hydrogens is 279 g/mol. The standard InChI is InChI=1S/C8H3BrClF2NO/c9-5-2-1-4(3-13)7(6(5)10)14-8(11)12/h1-2,8H. The van der Waals surface area contributed by atoms with E-state index >= 15 is 0 Å². The van der Waals surface area contributed by atoms with Crippen LogP contribution in [0.2, 0.25) is 5.02 Å². The fourth-order valence-electron chi connectivity index (χ4n) is 0.824. The lowest BCUT2D eigenvalue weighted by molar-refractivity contribution is -0.0500. The molecule has 0 unspecified atom stereocenters. The number of nitriles is 1. The zero-order chi connectivity index (χ0) is 10.7. The Morgan fingerprint density at radius 1 is 1.50 bits per heavy atom. The van der Waals surface area contributed by atoms with E-state index in [-0.39, 0.29) is 16.3 Å². The zero-order valence-electron chi connectivity index (χ0n) is 6.60. The maximum absolute atomic E-state index is 11.9. The topological polar surface area (TPSA) is 33.0 Å². The van der Waals surface area contributed by atoms with Crippen LogP contribution in [0.1, 0.15) is 5.56 Å². The lowest BCUT2D eigenvalue weighted by atomic mass is 10.2. The summed E-state index contributed by atoms with van der Waals surface area (Å²) in [6.07, 6.45) is 0. The number of halogens is 4. The molecule has 74 valence electrons. The number of benzene rings is 1. The van der Waals surface area contributed by atoms with Gasteiger partial charge in [0.2, 0.25) is 0 Å². The second-order valence-electron chi connectivity index (χ2n) is 2.23. The number of hydrogen-bond acceptors (Lipinski definition) is 2. The molecule has 0 aromatic heterocycles. The first-order valence-corrected chi connectivity index (χ1v) is 4.56. The van der Waals surface area contributed by atoms with Gasteiger partial charge in [-0.3, -0.25) is 0 Å². The molecule has 0 spiro atoms. The normalized spacial score (nSPS) is 10.0. The molecule has 14 heavy (non-hydrogen) atoms. The van der Waals surface area contributed by atoms with Gasteiger partial charge in [0.25, 0.3) is 0 Å². The Balaban J connectivity index is 3.23. The third-order valence-electron chi connectivity index (χ3n) is 1.38. The van der Waals surface area contributed by atoms with Crippen LogP contribution in [0.15, 0.2) is 16.6 Å². The van der Waals surface area contributed by atoms with Crippen LogP contribution in [0.5, 0.6) is 5.75 Å². The highest BCUT2D eigenvalue weighted by molar-refractivity contribution is 9.10. The molecule has 0 aliphatic heterocycles. The first-order chi connectivity index (χ1) is 6.56. The van der Waals surface area contributed by atoms with Gasteiger partial charge in [-0.15, -0.1) is 0 Å². The van der Waals surface area contributed by atoms with Gasteiger partial charge in [0.1, 0.15) is 6.07 Å². The minimum Gasteiger partial charge on any atom is -0.432 e. The largest absolute Gasteiger partial charge is 0.432 e. The van der Waals surface area contributed by atoms with Crippen molar-refractivity contribution in [1.82, 2.24) is 0 Å². The van der Waals surface area contributed by atoms with Crippen molar-refractivity contribution in [3.63, 3.8) is 0 Å². The summed E-state index contributed by atoms with van der Waals surface area (Å²) in [6, 6.07) is 4.53. The summed E-state index contributed by atoms with van der Waals surface area (Å²) >= 11 is 8.70. The molecule has 0 bridgehead atoms. The average Bonchev–Trinajstić information content (AvgIpc) is 2.13. The van der Waals surface area contributed by atoms with Crippen molar-refractivity contribution in [3.8, 4) is 11.8 Å². The molecule has 1 aromatic rings. The smallest absolute Gasteiger partial charge is 0.387 e. The van der Waals surface area contributed by atoms with Crippen LogP contribution in [-0.4, -0.2) is 6.61 Å². The van der Waals surface area contributed by atoms with Crippen LogP contribution in [0.25, 0.3) is 0 Å². The molecular formula is C8H3BrClF2NO. The first-order valence-electron chi connectivity index (χ1n) is 3.39. The van der Waals surface area contributed by atoms with Gasteiger partial charge in [-0.1, -0.05) is 11.6 Å². The predicted molar refractivity (Wildman–Crippen MR) is 50.5 cm³/mol. The molecule has 1 rings (SSSR count). The fourth-order valence-corrected chi connectivity index (χ4v) is 1.35. The van der Waals surface area contributed by atoms with Gasteiger partial charge in [-0.25, -0.2) is 0 Å². The Kier molecular flexibility index (Phi) is 3.67. The first kappa shape index (κ1) is 11.2. The van der Waals surface area contributed by atoms with Crippen LogP contribution in [-0.2, 0) is 0 Å². The lowest BCUT2D eigenvalue weighted by Gasteiger charge is -2.08. The summed E-state index contributed by atoms with van der Waals surface area (Å²) in [5, 5.41) is 8.56. The summed E-state index contributed by atoms with van der Waals surface area (Å²) in [6.45, 7) is -3.01. The summed E-state index contributed by atoms with van der Waals surface area (Å²) in [4.78, 5) is 0. The van der Waals surface area contributed by atoms with Crippen molar-refractivity contribution in [2.24, 2.45) is 0 Å². The molecule has 1 aromatic carbocycles. The predicted octanol–water partition coefficient (Wildman–Crippen LogP) is 3.58. The van der Waals surface area contributed by atoms with Crippen molar-refractivity contribution < 1.29 is 13.5 Å². The highest BCUT2D eigenvalue weighted by Crippen LogP contribution is 2.35. The van der Waals surface area contributed by atoms with E-state index in [9.17, 15) is 8.78 Å². The third-order valence-corrected chi connectivity index (χ3v) is 2.64. The minimum atomic E-state index is -3.01. The van der Waals surface area contributed by atoms with Gasteiger partial charge in [0.05, 0.1) is 10.6 Å². The maximum atomic E-state index is 11.9. The highest BCUT2D eigenvalue weighted by atomic mass is 79.9. The van der Waals surface area contributed by atoms with E-state index in [2.05, 4.69) is 20.7 Å². The zero-order valence-corrected chi connectivity index (χ0v) is 8.94. The van der Waals surface area contributed by atoms with E-state index in [1.807, 2.05) is 0 Å². The highest BCUT2D eigenvalue weighted by Gasteiger charge is 2.15. The molecule has 0 heterocycles. The monoisotopic (exact) mass is 281 g/mol. The fraction of sp³-hybridized carbons (Fsp3) is 0.125. The van der Waals surface area contributed by atoms with Crippen molar-refractivity contribution in [2.75, 3.05) is 0 Å². The van der Waals surface area contributed by atoms with Crippen LogP contribution in [0, 0.1) is 11.3 Å². The molecule has 6 heteroatoms. The SMILES string of the molecule is N#Cc1ccc(Br)c(Cl)c1OC(F)F. The van der Waals surface area contributed by atoms with Crippen LogP contribution >= 0.6 is 27.5 Å².